The van der Waals surface area contributed by atoms with Crippen LogP contribution >= 0.6 is 0 Å². The molecule has 3 nitrogen and oxygen atoms in total. The largest absolute Gasteiger partial charge is 0.458 e. The molecule has 0 heterocycles. The molecule has 0 aliphatic carbocycles. The molecule has 82 valence electrons. The van der Waals surface area contributed by atoms with E-state index in [0.29, 0.717) is 5.57 Å². The van der Waals surface area contributed by atoms with E-state index in [1.807, 2.05) is 13.8 Å². The quantitative estimate of drug-likeness (QED) is 0.524. The second kappa shape index (κ2) is 6.60. The van der Waals surface area contributed by atoms with Gasteiger partial charge in [-0.1, -0.05) is 13.5 Å². The minimum absolute atomic E-state index is 0.120. The second-order valence-corrected chi connectivity index (χ2v) is 3.63. The monoisotopic (exact) mass is 199 g/mol. The molecule has 0 amide bonds. The maximum Gasteiger partial charge on any atom is 0.333 e. The lowest BCUT2D eigenvalue weighted by Crippen LogP contribution is -2.38. The highest BCUT2D eigenvalue weighted by molar-refractivity contribution is 5.87. The first-order valence-electron chi connectivity index (χ1n) is 5.08. The zero-order valence-electron chi connectivity index (χ0n) is 9.59. The van der Waals surface area contributed by atoms with Gasteiger partial charge in [0.25, 0.3) is 0 Å². The number of rotatable bonds is 6. The smallest absolute Gasteiger partial charge is 0.333 e. The van der Waals surface area contributed by atoms with Crippen molar-refractivity contribution in [3.05, 3.63) is 12.2 Å². The van der Waals surface area contributed by atoms with Gasteiger partial charge in [0.15, 0.2) is 0 Å². The Bertz CT molecular complexity index is 201. The van der Waals surface area contributed by atoms with Crippen molar-refractivity contribution < 1.29 is 9.53 Å². The number of hydrogen-bond acceptors (Lipinski definition) is 3. The molecule has 0 aliphatic heterocycles. The average Bonchev–Trinajstić information content (AvgIpc) is 2.13. The summed E-state index contributed by atoms with van der Waals surface area (Å²) in [6.07, 6.45) is 0.955. The Morgan fingerprint density at radius 3 is 2.50 bits per heavy atom. The molecule has 0 radical (unpaired) electrons. The van der Waals surface area contributed by atoms with Crippen molar-refractivity contribution in [1.29, 1.82) is 0 Å². The van der Waals surface area contributed by atoms with Gasteiger partial charge in [0, 0.05) is 11.6 Å². The van der Waals surface area contributed by atoms with E-state index in [9.17, 15) is 4.79 Å². The summed E-state index contributed by atoms with van der Waals surface area (Å²) in [5.74, 6) is -0.317. The lowest BCUT2D eigenvalue weighted by atomic mass is 10.2. The van der Waals surface area contributed by atoms with E-state index >= 15 is 0 Å². The Hall–Kier alpha value is -0.830. The molecule has 0 bridgehead atoms. The number of ether oxygens (including phenoxy) is 1. The highest BCUT2D eigenvalue weighted by atomic mass is 16.5. The Balaban J connectivity index is 3.88. The van der Waals surface area contributed by atoms with Crippen LogP contribution in [0.3, 0.4) is 0 Å². The molecule has 3 heteroatoms. The van der Waals surface area contributed by atoms with Crippen LogP contribution in [0.5, 0.6) is 0 Å². The normalized spacial score (nSPS) is 14.6. The summed E-state index contributed by atoms with van der Waals surface area (Å²) in [6.45, 7) is 12.1. The summed E-state index contributed by atoms with van der Waals surface area (Å²) < 4.78 is 5.17. The van der Waals surface area contributed by atoms with Crippen LogP contribution in [-0.4, -0.2) is 24.7 Å². The molecule has 0 aromatic carbocycles. The van der Waals surface area contributed by atoms with E-state index < -0.39 is 0 Å². The fourth-order valence-electron chi connectivity index (χ4n) is 0.909. The van der Waals surface area contributed by atoms with Crippen LogP contribution in [0.4, 0.5) is 0 Å². The molecule has 0 saturated heterocycles. The van der Waals surface area contributed by atoms with Crippen molar-refractivity contribution in [1.82, 2.24) is 5.32 Å². The van der Waals surface area contributed by atoms with Crippen molar-refractivity contribution in [3.63, 3.8) is 0 Å². The van der Waals surface area contributed by atoms with Gasteiger partial charge in [0.2, 0.25) is 0 Å². The first kappa shape index (κ1) is 13.2. The Kier molecular flexibility index (Phi) is 6.21. The van der Waals surface area contributed by atoms with Crippen molar-refractivity contribution in [2.24, 2.45) is 0 Å². The van der Waals surface area contributed by atoms with E-state index in [1.165, 1.54) is 0 Å². The van der Waals surface area contributed by atoms with Gasteiger partial charge in [0.05, 0.1) is 0 Å². The zero-order valence-corrected chi connectivity index (χ0v) is 9.59. The van der Waals surface area contributed by atoms with Gasteiger partial charge in [-0.05, 0) is 33.7 Å². The number of esters is 1. The van der Waals surface area contributed by atoms with Crippen molar-refractivity contribution in [2.75, 3.05) is 6.54 Å². The number of carbonyl (C=O) groups is 1. The third-order valence-corrected chi connectivity index (χ3v) is 2.06. The van der Waals surface area contributed by atoms with Gasteiger partial charge in [0.1, 0.15) is 6.10 Å². The fourth-order valence-corrected chi connectivity index (χ4v) is 0.909. The highest BCUT2D eigenvalue weighted by Crippen LogP contribution is 2.02. The molecule has 2 atom stereocenters. The summed E-state index contributed by atoms with van der Waals surface area (Å²) in [4.78, 5) is 11.2. The molecule has 0 spiro atoms. The van der Waals surface area contributed by atoms with Crippen molar-refractivity contribution >= 4 is 5.97 Å². The maximum absolute atomic E-state index is 11.2. The molecule has 14 heavy (non-hydrogen) atoms. The Morgan fingerprint density at radius 2 is 2.07 bits per heavy atom. The Labute approximate surface area is 86.5 Å². The first-order chi connectivity index (χ1) is 6.49. The summed E-state index contributed by atoms with van der Waals surface area (Å²) in [5, 5.41) is 3.27. The number of hydrogen-bond donors (Lipinski definition) is 1. The van der Waals surface area contributed by atoms with Gasteiger partial charge >= 0.3 is 5.97 Å². The topological polar surface area (TPSA) is 38.3 Å². The highest BCUT2D eigenvalue weighted by Gasteiger charge is 2.15. The standard InChI is InChI=1S/C11H21NO2/c1-6-7-12-9(4)10(5)14-11(13)8(2)3/h9-10,12H,2,6-7H2,1,3-5H3. The molecule has 0 aromatic rings. The molecular weight excluding hydrogens is 178 g/mol. The molecule has 1 N–H and O–H groups in total. The van der Waals surface area contributed by atoms with Crippen LogP contribution < -0.4 is 5.32 Å². The van der Waals surface area contributed by atoms with Gasteiger partial charge in [-0.2, -0.15) is 0 Å². The predicted molar refractivity (Wildman–Crippen MR) is 58.1 cm³/mol. The minimum atomic E-state index is -0.317. The SMILES string of the molecule is C=C(C)C(=O)OC(C)C(C)NCCC. The van der Waals surface area contributed by atoms with E-state index in [-0.39, 0.29) is 18.1 Å². The van der Waals surface area contributed by atoms with Crippen LogP contribution in [0, 0.1) is 0 Å². The summed E-state index contributed by atoms with van der Waals surface area (Å²) in [7, 11) is 0. The van der Waals surface area contributed by atoms with E-state index in [0.717, 1.165) is 13.0 Å². The third-order valence-electron chi connectivity index (χ3n) is 2.06. The van der Waals surface area contributed by atoms with Gasteiger partial charge in [-0.3, -0.25) is 0 Å². The lowest BCUT2D eigenvalue weighted by molar-refractivity contribution is -0.144. The van der Waals surface area contributed by atoms with Gasteiger partial charge < -0.3 is 10.1 Å². The maximum atomic E-state index is 11.2. The van der Waals surface area contributed by atoms with Crippen LogP contribution in [-0.2, 0) is 9.53 Å². The van der Waals surface area contributed by atoms with Gasteiger partial charge in [-0.15, -0.1) is 0 Å². The second-order valence-electron chi connectivity index (χ2n) is 3.63. The zero-order chi connectivity index (χ0) is 11.1. The van der Waals surface area contributed by atoms with Crippen LogP contribution in [0.15, 0.2) is 12.2 Å². The molecule has 0 saturated carbocycles. The van der Waals surface area contributed by atoms with E-state index in [1.54, 1.807) is 6.92 Å². The molecule has 0 aromatic heterocycles. The summed E-state index contributed by atoms with van der Waals surface area (Å²) >= 11 is 0. The van der Waals surface area contributed by atoms with Crippen molar-refractivity contribution in [3.8, 4) is 0 Å². The van der Waals surface area contributed by atoms with Crippen LogP contribution in [0.1, 0.15) is 34.1 Å². The lowest BCUT2D eigenvalue weighted by Gasteiger charge is -2.21. The average molecular weight is 199 g/mol. The fraction of sp³-hybridized carbons (Fsp3) is 0.727. The minimum Gasteiger partial charge on any atom is -0.458 e. The predicted octanol–water partition coefficient (Wildman–Crippen LogP) is 1.88. The molecular formula is C11H21NO2. The number of nitrogens with one attached hydrogen (secondary N) is 1. The first-order valence-corrected chi connectivity index (χ1v) is 5.08. The van der Waals surface area contributed by atoms with Crippen LogP contribution in [0.2, 0.25) is 0 Å². The van der Waals surface area contributed by atoms with Crippen molar-refractivity contribution in [2.45, 2.75) is 46.3 Å². The third kappa shape index (κ3) is 5.02. The Morgan fingerprint density at radius 1 is 1.50 bits per heavy atom. The summed E-state index contributed by atoms with van der Waals surface area (Å²) in [6, 6.07) is 0.179. The molecule has 0 rings (SSSR count). The number of carbonyl (C=O) groups excluding carboxylic acids is 1. The molecule has 0 fully saturated rings. The van der Waals surface area contributed by atoms with E-state index in [2.05, 4.69) is 18.8 Å². The van der Waals surface area contributed by atoms with Crippen LogP contribution in [0.25, 0.3) is 0 Å². The van der Waals surface area contributed by atoms with E-state index in [4.69, 9.17) is 4.74 Å². The molecule has 2 unspecified atom stereocenters. The molecule has 0 aliphatic rings. The summed E-state index contributed by atoms with van der Waals surface area (Å²) in [5.41, 5.74) is 0.444. The van der Waals surface area contributed by atoms with Gasteiger partial charge in [-0.25, -0.2) is 4.79 Å².